The van der Waals surface area contributed by atoms with Crippen molar-refractivity contribution < 1.29 is 14.3 Å². The Balaban J connectivity index is 1.92. The van der Waals surface area contributed by atoms with E-state index in [1.54, 1.807) is 0 Å². The van der Waals surface area contributed by atoms with Gasteiger partial charge in [0.1, 0.15) is 6.10 Å². The Morgan fingerprint density at radius 3 is 2.00 bits per heavy atom. The van der Waals surface area contributed by atoms with E-state index >= 15 is 0 Å². The second-order valence-electron chi connectivity index (χ2n) is 7.52. The molecular weight excluding hydrogens is 328 g/mol. The van der Waals surface area contributed by atoms with Crippen molar-refractivity contribution in [2.75, 3.05) is 0 Å². The Bertz CT molecular complexity index is 673. The zero-order valence-electron chi connectivity index (χ0n) is 14.9. The number of ether oxygens (including phenoxy) is 1. The molecule has 0 bridgehead atoms. The highest BCUT2D eigenvalue weighted by atomic mass is 28.4. The van der Waals surface area contributed by atoms with Gasteiger partial charge in [0.25, 0.3) is 8.32 Å². The molecule has 1 fully saturated rings. The minimum atomic E-state index is -2.96. The van der Waals surface area contributed by atoms with E-state index in [0.29, 0.717) is 6.42 Å². The van der Waals surface area contributed by atoms with Crippen molar-refractivity contribution in [3.8, 4) is 0 Å². The van der Waals surface area contributed by atoms with E-state index in [1.807, 2.05) is 60.7 Å². The molecule has 0 aliphatic carbocycles. The molecule has 2 aromatic rings. The van der Waals surface area contributed by atoms with Gasteiger partial charge in [-0.05, 0) is 34.7 Å². The van der Waals surface area contributed by atoms with E-state index in [-0.39, 0.29) is 17.1 Å². The van der Waals surface area contributed by atoms with Crippen molar-refractivity contribution in [2.24, 2.45) is 0 Å². The molecule has 0 unspecified atom stereocenters. The smallest absolute Gasteiger partial charge is 0.306 e. The molecule has 1 heterocycles. The summed E-state index contributed by atoms with van der Waals surface area (Å²) in [5, 5.41) is 1.76. The molecule has 0 amide bonds. The molecule has 0 radical (unpaired) electrons. The molecule has 132 valence electrons. The van der Waals surface area contributed by atoms with Crippen LogP contribution < -0.4 is 10.4 Å². The van der Waals surface area contributed by atoms with Crippen LogP contribution in [0, 0.1) is 0 Å². The van der Waals surface area contributed by atoms with Gasteiger partial charge in [0, 0.05) is 6.42 Å². The van der Waals surface area contributed by atoms with Gasteiger partial charge in [0.2, 0.25) is 0 Å². The predicted molar refractivity (Wildman–Crippen MR) is 103 cm³/mol. The zero-order chi connectivity index (χ0) is 17.9. The molecule has 1 atom stereocenters. The number of esters is 1. The van der Waals surface area contributed by atoms with Gasteiger partial charge in [-0.1, -0.05) is 74.5 Å². The summed E-state index contributed by atoms with van der Waals surface area (Å²) in [6.07, 6.45) is 2.93. The summed E-state index contributed by atoms with van der Waals surface area (Å²) in [7, 11) is -2.96. The Labute approximate surface area is 150 Å². The normalized spacial score (nSPS) is 18.2. The van der Waals surface area contributed by atoms with Crippen LogP contribution in [0.15, 0.2) is 60.7 Å². The number of benzene rings is 2. The van der Waals surface area contributed by atoms with Gasteiger partial charge >= 0.3 is 5.97 Å². The number of cyclic esters (lactones) is 1. The van der Waals surface area contributed by atoms with Crippen molar-refractivity contribution in [2.45, 2.75) is 50.7 Å². The molecule has 1 aliphatic heterocycles. The summed E-state index contributed by atoms with van der Waals surface area (Å²) in [6, 6.07) is 20.1. The van der Waals surface area contributed by atoms with Crippen molar-refractivity contribution >= 4 is 24.7 Å². The summed E-state index contributed by atoms with van der Waals surface area (Å²) >= 11 is 0. The monoisotopic (exact) mass is 354 g/mol. The average Bonchev–Trinajstić information content (AvgIpc) is 3.06. The van der Waals surface area contributed by atoms with Gasteiger partial charge in [-0.3, -0.25) is 4.79 Å². The minimum absolute atomic E-state index is 0.00317. The molecule has 1 aliphatic rings. The van der Waals surface area contributed by atoms with Crippen LogP contribution in [0.3, 0.4) is 0 Å². The average molecular weight is 355 g/mol. The first-order chi connectivity index (χ1) is 11.9. The molecule has 2 aromatic carbocycles. The van der Waals surface area contributed by atoms with E-state index < -0.39 is 8.32 Å². The van der Waals surface area contributed by atoms with Crippen LogP contribution >= 0.6 is 0 Å². The van der Waals surface area contributed by atoms with Crippen LogP contribution in [0.4, 0.5) is 0 Å². The fraction of sp³-hybridized carbons (Fsp3) is 0.381. The maximum atomic E-state index is 12.0. The number of carbonyl (C=O) groups is 1. The van der Waals surface area contributed by atoms with Gasteiger partial charge in [-0.15, -0.1) is 0 Å². The Morgan fingerprint density at radius 2 is 1.56 bits per heavy atom. The van der Waals surface area contributed by atoms with Crippen LogP contribution in [0.1, 0.15) is 39.5 Å². The first-order valence-electron chi connectivity index (χ1n) is 8.96. The lowest BCUT2D eigenvalue weighted by Gasteiger charge is -2.41. The van der Waals surface area contributed by atoms with Crippen LogP contribution in [0.2, 0.25) is 5.04 Å². The number of rotatable bonds is 6. The maximum Gasteiger partial charge on any atom is 0.306 e. The first kappa shape index (κ1) is 17.9. The Morgan fingerprint density at radius 1 is 1.04 bits per heavy atom. The van der Waals surface area contributed by atoms with E-state index in [9.17, 15) is 9.59 Å². The molecule has 1 N–H and O–H groups in total. The van der Waals surface area contributed by atoms with E-state index in [1.165, 1.54) is 0 Å². The summed E-state index contributed by atoms with van der Waals surface area (Å²) in [4.78, 5) is 23.4. The standard InChI is InChI=1S/C21H26O3Si/c1-21(2,16-15-17-13-14-20(22)24-17)25(23,18-9-5-3-6-10-18)19-11-7-4-8-12-19/h3-12,17,23H,13-16H2,1-2H3/t17-/m1/s1. The van der Waals surface area contributed by atoms with Crippen molar-refractivity contribution in [1.29, 1.82) is 0 Å². The Kier molecular flexibility index (Phi) is 5.11. The van der Waals surface area contributed by atoms with E-state index in [0.717, 1.165) is 29.6 Å². The zero-order valence-corrected chi connectivity index (χ0v) is 15.9. The summed E-state index contributed by atoms with van der Waals surface area (Å²) in [5.74, 6) is -0.0959. The van der Waals surface area contributed by atoms with Gasteiger partial charge < -0.3 is 9.53 Å². The molecule has 0 aromatic heterocycles. The third-order valence-corrected chi connectivity index (χ3v) is 9.97. The summed E-state index contributed by atoms with van der Waals surface area (Å²) in [5.41, 5.74) is 0. The van der Waals surface area contributed by atoms with E-state index in [4.69, 9.17) is 4.74 Å². The highest BCUT2D eigenvalue weighted by Crippen LogP contribution is 2.41. The number of hydrogen-bond donors (Lipinski definition) is 1. The first-order valence-corrected chi connectivity index (χ1v) is 10.9. The SMILES string of the molecule is CC(C)(CC[C@H]1CCC(=O)O1)[Si](O)(c1ccccc1)c1ccccc1. The Hall–Kier alpha value is -1.91. The number of hydrogen-bond acceptors (Lipinski definition) is 3. The van der Waals surface area contributed by atoms with Crippen LogP contribution in [-0.2, 0) is 9.53 Å². The molecular formula is C21H26O3Si. The largest absolute Gasteiger partial charge is 0.462 e. The molecule has 0 saturated carbocycles. The lowest BCUT2D eigenvalue weighted by atomic mass is 10.0. The highest BCUT2D eigenvalue weighted by Gasteiger charge is 2.49. The second-order valence-corrected chi connectivity index (χ2v) is 11.4. The van der Waals surface area contributed by atoms with Crippen LogP contribution in [-0.4, -0.2) is 25.2 Å². The van der Waals surface area contributed by atoms with Gasteiger partial charge in [0.15, 0.2) is 0 Å². The predicted octanol–water partition coefficient (Wildman–Crippen LogP) is 3.00. The van der Waals surface area contributed by atoms with Gasteiger partial charge in [-0.25, -0.2) is 0 Å². The quantitative estimate of drug-likeness (QED) is 0.641. The third kappa shape index (κ3) is 3.55. The lowest BCUT2D eigenvalue weighted by molar-refractivity contribution is -0.141. The van der Waals surface area contributed by atoms with Crippen molar-refractivity contribution in [3.05, 3.63) is 60.7 Å². The van der Waals surface area contributed by atoms with Gasteiger partial charge in [0.05, 0.1) is 0 Å². The highest BCUT2D eigenvalue weighted by molar-refractivity contribution is 6.98. The second kappa shape index (κ2) is 7.14. The van der Waals surface area contributed by atoms with Crippen molar-refractivity contribution in [3.63, 3.8) is 0 Å². The van der Waals surface area contributed by atoms with E-state index in [2.05, 4.69) is 13.8 Å². The lowest BCUT2D eigenvalue weighted by Crippen LogP contribution is -2.65. The van der Waals surface area contributed by atoms with Crippen molar-refractivity contribution in [1.82, 2.24) is 0 Å². The fourth-order valence-corrected chi connectivity index (χ4v) is 7.55. The molecule has 3 nitrogen and oxygen atoms in total. The molecule has 1 saturated heterocycles. The minimum Gasteiger partial charge on any atom is -0.462 e. The van der Waals surface area contributed by atoms with Gasteiger partial charge in [-0.2, -0.15) is 0 Å². The maximum absolute atomic E-state index is 12.0. The molecule has 0 spiro atoms. The third-order valence-electron chi connectivity index (χ3n) is 5.42. The van der Waals surface area contributed by atoms with Crippen LogP contribution in [0.25, 0.3) is 0 Å². The molecule has 25 heavy (non-hydrogen) atoms. The van der Waals surface area contributed by atoms with Crippen LogP contribution in [0.5, 0.6) is 0 Å². The summed E-state index contributed by atoms with van der Waals surface area (Å²) in [6.45, 7) is 4.30. The number of carbonyl (C=O) groups excluding carboxylic acids is 1. The summed E-state index contributed by atoms with van der Waals surface area (Å²) < 4.78 is 5.38. The fourth-order valence-electron chi connectivity index (χ4n) is 3.80. The topological polar surface area (TPSA) is 46.5 Å². The molecule has 3 rings (SSSR count). The molecule has 4 heteroatoms.